The van der Waals surface area contributed by atoms with E-state index in [1.807, 2.05) is 17.5 Å². The summed E-state index contributed by atoms with van der Waals surface area (Å²) in [4.78, 5) is 23.5. The van der Waals surface area contributed by atoms with Gasteiger partial charge < -0.3 is 5.32 Å². The van der Waals surface area contributed by atoms with E-state index in [0.717, 1.165) is 11.3 Å². The summed E-state index contributed by atoms with van der Waals surface area (Å²) in [5.74, 6) is -0.530. The van der Waals surface area contributed by atoms with Crippen molar-refractivity contribution in [2.24, 2.45) is 0 Å². The Labute approximate surface area is 140 Å². The standard InChI is InChI=1S/C14H10ClN5O2S/c15-9-3-1-8(2-4-9)10-7-23-14(17-10)19-11-5-6-16-12(18-11)13(21)20-22/h1-7,22H,(H,20,21)(H,16,17,18,19). The predicted octanol–water partition coefficient (Wildman–Crippen LogP) is 3.12. The highest BCUT2D eigenvalue weighted by Crippen LogP contribution is 2.27. The minimum Gasteiger partial charge on any atom is -0.316 e. The molecule has 0 aliphatic rings. The first-order chi connectivity index (χ1) is 11.2. The highest BCUT2D eigenvalue weighted by Gasteiger charge is 2.10. The number of anilines is 2. The maximum Gasteiger partial charge on any atom is 0.312 e. The van der Waals surface area contributed by atoms with Crippen molar-refractivity contribution < 1.29 is 10.0 Å². The molecule has 3 aromatic rings. The van der Waals surface area contributed by atoms with Crippen LogP contribution in [-0.4, -0.2) is 26.1 Å². The van der Waals surface area contributed by atoms with Gasteiger partial charge in [-0.15, -0.1) is 11.3 Å². The van der Waals surface area contributed by atoms with Gasteiger partial charge in [0.15, 0.2) is 5.13 Å². The second-order valence-electron chi connectivity index (χ2n) is 4.38. The summed E-state index contributed by atoms with van der Waals surface area (Å²) in [6, 6.07) is 8.96. The van der Waals surface area contributed by atoms with Gasteiger partial charge >= 0.3 is 5.91 Å². The molecule has 23 heavy (non-hydrogen) atoms. The summed E-state index contributed by atoms with van der Waals surface area (Å²) in [6.45, 7) is 0. The van der Waals surface area contributed by atoms with Crippen LogP contribution in [0, 0.1) is 0 Å². The lowest BCUT2D eigenvalue weighted by Crippen LogP contribution is -2.21. The normalized spacial score (nSPS) is 10.3. The van der Waals surface area contributed by atoms with Crippen molar-refractivity contribution in [2.45, 2.75) is 0 Å². The fraction of sp³-hybridized carbons (Fsp3) is 0. The monoisotopic (exact) mass is 347 g/mol. The average Bonchev–Trinajstić information content (AvgIpc) is 3.03. The van der Waals surface area contributed by atoms with Crippen LogP contribution in [0.5, 0.6) is 0 Å². The Hall–Kier alpha value is -2.55. The second kappa shape index (κ2) is 6.69. The summed E-state index contributed by atoms with van der Waals surface area (Å²) in [5.41, 5.74) is 3.24. The van der Waals surface area contributed by atoms with Crippen LogP contribution >= 0.6 is 22.9 Å². The number of hydroxylamine groups is 1. The molecule has 2 aromatic heterocycles. The fourth-order valence-corrected chi connectivity index (χ4v) is 2.63. The number of benzene rings is 1. The Morgan fingerprint density at radius 1 is 1.17 bits per heavy atom. The highest BCUT2D eigenvalue weighted by atomic mass is 35.5. The van der Waals surface area contributed by atoms with Gasteiger partial charge in [-0.25, -0.2) is 20.4 Å². The number of nitrogens with one attached hydrogen (secondary N) is 2. The first kappa shape index (κ1) is 15.3. The molecule has 0 spiro atoms. The van der Waals surface area contributed by atoms with E-state index in [1.165, 1.54) is 23.0 Å². The van der Waals surface area contributed by atoms with Gasteiger partial charge in [-0.2, -0.15) is 0 Å². The van der Waals surface area contributed by atoms with Gasteiger partial charge in [0.1, 0.15) is 5.82 Å². The van der Waals surface area contributed by atoms with Crippen LogP contribution in [-0.2, 0) is 0 Å². The molecule has 1 amide bonds. The molecular formula is C14H10ClN5O2S. The number of hydrogen-bond acceptors (Lipinski definition) is 7. The molecule has 0 aliphatic heterocycles. The van der Waals surface area contributed by atoms with Crippen molar-refractivity contribution in [3.05, 3.63) is 52.8 Å². The average molecular weight is 348 g/mol. The SMILES string of the molecule is O=C(NO)c1nccc(Nc2nc(-c3ccc(Cl)cc3)cs2)n1. The molecule has 0 saturated carbocycles. The topological polar surface area (TPSA) is 100 Å². The Morgan fingerprint density at radius 3 is 2.70 bits per heavy atom. The Balaban J connectivity index is 1.79. The Morgan fingerprint density at radius 2 is 1.96 bits per heavy atom. The summed E-state index contributed by atoms with van der Waals surface area (Å²) >= 11 is 7.27. The van der Waals surface area contributed by atoms with Gasteiger partial charge in [-0.05, 0) is 18.2 Å². The van der Waals surface area contributed by atoms with E-state index in [0.29, 0.717) is 16.0 Å². The van der Waals surface area contributed by atoms with Gasteiger partial charge in [-0.3, -0.25) is 10.0 Å². The van der Waals surface area contributed by atoms with E-state index < -0.39 is 5.91 Å². The lowest BCUT2D eigenvalue weighted by atomic mass is 10.2. The number of amides is 1. The third-order valence-corrected chi connectivity index (χ3v) is 3.85. The predicted molar refractivity (Wildman–Crippen MR) is 87.1 cm³/mol. The van der Waals surface area contributed by atoms with E-state index in [9.17, 15) is 4.79 Å². The molecule has 0 bridgehead atoms. The minimum atomic E-state index is -0.783. The first-order valence-corrected chi connectivity index (χ1v) is 7.67. The number of carbonyl (C=O) groups is 1. The number of thiazole rings is 1. The lowest BCUT2D eigenvalue weighted by molar-refractivity contribution is 0.0694. The molecule has 116 valence electrons. The maximum absolute atomic E-state index is 11.3. The maximum atomic E-state index is 11.3. The van der Waals surface area contributed by atoms with Crippen LogP contribution in [0.3, 0.4) is 0 Å². The van der Waals surface area contributed by atoms with Gasteiger partial charge in [0, 0.05) is 22.2 Å². The molecular weight excluding hydrogens is 338 g/mol. The molecule has 2 heterocycles. The number of halogens is 1. The Bertz CT molecular complexity index is 837. The number of carbonyl (C=O) groups excluding carboxylic acids is 1. The van der Waals surface area contributed by atoms with Crippen molar-refractivity contribution in [1.82, 2.24) is 20.4 Å². The smallest absolute Gasteiger partial charge is 0.312 e. The van der Waals surface area contributed by atoms with Gasteiger partial charge in [0.2, 0.25) is 5.82 Å². The highest BCUT2D eigenvalue weighted by molar-refractivity contribution is 7.14. The van der Waals surface area contributed by atoms with Crippen molar-refractivity contribution in [1.29, 1.82) is 0 Å². The number of rotatable bonds is 4. The molecule has 0 fully saturated rings. The number of aromatic nitrogens is 3. The third-order valence-electron chi connectivity index (χ3n) is 2.84. The zero-order valence-electron chi connectivity index (χ0n) is 11.5. The lowest BCUT2D eigenvalue weighted by Gasteiger charge is -2.03. The number of nitrogens with zero attached hydrogens (tertiary/aromatic N) is 3. The van der Waals surface area contributed by atoms with E-state index in [-0.39, 0.29) is 5.82 Å². The van der Waals surface area contributed by atoms with E-state index >= 15 is 0 Å². The Kier molecular flexibility index (Phi) is 4.47. The van der Waals surface area contributed by atoms with Gasteiger partial charge in [0.05, 0.1) is 5.69 Å². The molecule has 9 heteroatoms. The molecule has 0 aliphatic carbocycles. The zero-order valence-corrected chi connectivity index (χ0v) is 13.1. The number of hydrogen-bond donors (Lipinski definition) is 3. The van der Waals surface area contributed by atoms with E-state index in [1.54, 1.807) is 18.2 Å². The van der Waals surface area contributed by atoms with Crippen LogP contribution in [0.1, 0.15) is 10.6 Å². The third kappa shape index (κ3) is 3.62. The molecule has 0 saturated heterocycles. The second-order valence-corrected chi connectivity index (χ2v) is 5.67. The summed E-state index contributed by atoms with van der Waals surface area (Å²) < 4.78 is 0. The van der Waals surface area contributed by atoms with Gasteiger partial charge in [0.25, 0.3) is 0 Å². The van der Waals surface area contributed by atoms with Crippen LogP contribution in [0.4, 0.5) is 10.9 Å². The van der Waals surface area contributed by atoms with Crippen molar-refractivity contribution in [2.75, 3.05) is 5.32 Å². The minimum absolute atomic E-state index is 0.146. The largest absolute Gasteiger partial charge is 0.316 e. The van der Waals surface area contributed by atoms with Crippen LogP contribution < -0.4 is 10.8 Å². The van der Waals surface area contributed by atoms with Crippen LogP contribution in [0.15, 0.2) is 41.9 Å². The van der Waals surface area contributed by atoms with Crippen molar-refractivity contribution in [3.63, 3.8) is 0 Å². The molecule has 3 rings (SSSR count). The molecule has 0 atom stereocenters. The first-order valence-electron chi connectivity index (χ1n) is 6.41. The molecule has 3 N–H and O–H groups in total. The van der Waals surface area contributed by atoms with E-state index in [4.69, 9.17) is 16.8 Å². The van der Waals surface area contributed by atoms with Crippen LogP contribution in [0.25, 0.3) is 11.3 Å². The molecule has 0 unspecified atom stereocenters. The summed E-state index contributed by atoms with van der Waals surface area (Å²) in [7, 11) is 0. The van der Waals surface area contributed by atoms with Crippen molar-refractivity contribution in [3.8, 4) is 11.3 Å². The molecule has 1 aromatic carbocycles. The van der Waals surface area contributed by atoms with Gasteiger partial charge in [-0.1, -0.05) is 23.7 Å². The van der Waals surface area contributed by atoms with Crippen molar-refractivity contribution >= 4 is 39.8 Å². The summed E-state index contributed by atoms with van der Waals surface area (Å²) in [6.07, 6.45) is 1.41. The molecule has 7 nitrogen and oxygen atoms in total. The quantitative estimate of drug-likeness (QED) is 0.495. The zero-order chi connectivity index (χ0) is 16.2. The van der Waals surface area contributed by atoms with Crippen LogP contribution in [0.2, 0.25) is 5.02 Å². The fourth-order valence-electron chi connectivity index (χ4n) is 1.78. The molecule has 0 radical (unpaired) electrons. The van der Waals surface area contributed by atoms with E-state index in [2.05, 4.69) is 20.3 Å². The summed E-state index contributed by atoms with van der Waals surface area (Å²) in [5, 5.41) is 14.8.